The minimum Gasteiger partial charge on any atom is -0.396 e. The van der Waals surface area contributed by atoms with Crippen LogP contribution < -0.4 is 0 Å². The molecule has 2 fully saturated rings. The topological polar surface area (TPSA) is 28.1 Å². The Balaban J connectivity index is 1.14. The number of allylic oxidation sites excluding steroid dienone is 1. The number of hydrogen-bond acceptors (Lipinski definition) is 4. The molecule has 4 nitrogen and oxygen atoms in total. The van der Waals surface area contributed by atoms with Gasteiger partial charge in [0.25, 0.3) is 0 Å². The molecule has 1 aliphatic heterocycles. The van der Waals surface area contributed by atoms with E-state index in [1.165, 1.54) is 23.1 Å². The molecule has 30 heavy (non-hydrogen) atoms. The molecular formula is C26H33N3O. The minimum atomic E-state index is 0.701. The van der Waals surface area contributed by atoms with E-state index in [0.717, 1.165) is 64.2 Å². The van der Waals surface area contributed by atoms with Gasteiger partial charge in [0.15, 0.2) is 0 Å². The second-order valence-electron chi connectivity index (χ2n) is 8.26. The lowest BCUT2D eigenvalue weighted by molar-refractivity contribution is 0.100. The number of nitrogens with zero attached hydrogens (tertiary/aromatic N) is 3. The summed E-state index contributed by atoms with van der Waals surface area (Å²) >= 11 is 0. The number of rotatable bonds is 8. The van der Waals surface area contributed by atoms with E-state index in [1.807, 2.05) is 0 Å². The van der Waals surface area contributed by atoms with Crippen molar-refractivity contribution >= 4 is 11.8 Å². The number of benzene rings is 2. The van der Waals surface area contributed by atoms with Crippen molar-refractivity contribution in [2.45, 2.75) is 32.2 Å². The van der Waals surface area contributed by atoms with Crippen molar-refractivity contribution in [1.29, 1.82) is 0 Å². The monoisotopic (exact) mass is 403 g/mol. The molecule has 1 saturated heterocycles. The van der Waals surface area contributed by atoms with E-state index < -0.39 is 0 Å². The zero-order valence-electron chi connectivity index (χ0n) is 17.9. The Kier molecular flexibility index (Phi) is 7.70. The molecule has 0 bridgehead atoms. The highest BCUT2D eigenvalue weighted by Crippen LogP contribution is 2.24. The zero-order chi connectivity index (χ0) is 20.4. The van der Waals surface area contributed by atoms with E-state index in [-0.39, 0.29) is 0 Å². The molecule has 4 heteroatoms. The Morgan fingerprint density at radius 3 is 2.30 bits per heavy atom. The first-order chi connectivity index (χ1) is 14.9. The van der Waals surface area contributed by atoms with E-state index >= 15 is 0 Å². The van der Waals surface area contributed by atoms with Gasteiger partial charge >= 0.3 is 0 Å². The summed E-state index contributed by atoms with van der Waals surface area (Å²) in [6, 6.07) is 21.3. The normalized spacial score (nSPS) is 20.8. The zero-order valence-corrected chi connectivity index (χ0v) is 17.9. The maximum Gasteiger partial charge on any atom is 0.118 e. The van der Waals surface area contributed by atoms with Crippen LogP contribution >= 0.6 is 0 Å². The van der Waals surface area contributed by atoms with Gasteiger partial charge in [-0.3, -0.25) is 4.90 Å². The van der Waals surface area contributed by atoms with E-state index in [0.29, 0.717) is 6.61 Å². The molecule has 1 heterocycles. The highest BCUT2D eigenvalue weighted by molar-refractivity contribution is 6.05. The van der Waals surface area contributed by atoms with Crippen LogP contribution in [0.15, 0.2) is 71.4 Å². The predicted octanol–water partition coefficient (Wildman–Crippen LogP) is 4.83. The van der Waals surface area contributed by atoms with E-state index in [1.54, 1.807) is 0 Å². The van der Waals surface area contributed by atoms with Gasteiger partial charge < -0.3 is 9.74 Å². The fourth-order valence-electron chi connectivity index (χ4n) is 4.25. The van der Waals surface area contributed by atoms with Crippen LogP contribution in [-0.4, -0.2) is 54.8 Å². The summed E-state index contributed by atoms with van der Waals surface area (Å²) in [4.78, 5) is 10.8. The fourth-order valence-corrected chi connectivity index (χ4v) is 4.25. The first-order valence-electron chi connectivity index (χ1n) is 11.3. The van der Waals surface area contributed by atoms with Crippen LogP contribution in [0.5, 0.6) is 0 Å². The van der Waals surface area contributed by atoms with Crippen LogP contribution in [0.3, 0.4) is 0 Å². The van der Waals surface area contributed by atoms with Gasteiger partial charge in [-0.1, -0.05) is 65.8 Å². The van der Waals surface area contributed by atoms with Crippen LogP contribution in [0.1, 0.15) is 36.8 Å². The lowest BCUT2D eigenvalue weighted by Gasteiger charge is -2.34. The Labute approximate surface area is 180 Å². The molecule has 0 atom stereocenters. The summed E-state index contributed by atoms with van der Waals surface area (Å²) in [7, 11) is 0. The van der Waals surface area contributed by atoms with Crippen molar-refractivity contribution in [3.63, 3.8) is 0 Å². The van der Waals surface area contributed by atoms with E-state index in [2.05, 4.69) is 81.7 Å². The second kappa shape index (κ2) is 11.1. The Morgan fingerprint density at radius 2 is 1.53 bits per heavy atom. The molecule has 2 aromatic rings. The molecule has 0 radical (unpaired) electrons. The highest BCUT2D eigenvalue weighted by atomic mass is 16.6. The number of hydrogen-bond donors (Lipinski definition) is 0. The second-order valence-corrected chi connectivity index (χ2v) is 8.26. The smallest absolute Gasteiger partial charge is 0.118 e. The molecule has 2 aromatic carbocycles. The lowest BCUT2D eigenvalue weighted by Crippen LogP contribution is -2.46. The first-order valence-corrected chi connectivity index (χ1v) is 11.3. The van der Waals surface area contributed by atoms with E-state index in [9.17, 15) is 0 Å². The number of oxime groups is 1. The van der Waals surface area contributed by atoms with Gasteiger partial charge in [-0.25, -0.2) is 0 Å². The predicted molar refractivity (Wildman–Crippen MR) is 124 cm³/mol. The molecule has 0 spiro atoms. The Hall–Kier alpha value is -2.43. The standard InChI is InChI=1S/C26H33N3O/c1-3-9-23(10-4-1)21-25-13-7-14-26(25)27-30-20-8-15-28-16-18-29(19-17-28)22-24-11-5-2-6-12-24/h1-6,9-12,21H,7-8,13-20,22H2. The Bertz CT molecular complexity index is 824. The molecule has 1 saturated carbocycles. The summed E-state index contributed by atoms with van der Waals surface area (Å²) in [5, 5.41) is 4.46. The van der Waals surface area contributed by atoms with Crippen molar-refractivity contribution in [3.05, 3.63) is 77.4 Å². The third-order valence-electron chi connectivity index (χ3n) is 5.97. The molecule has 0 N–H and O–H groups in total. The molecule has 158 valence electrons. The van der Waals surface area contributed by atoms with Gasteiger partial charge in [0.1, 0.15) is 6.61 Å². The lowest BCUT2D eigenvalue weighted by atomic mass is 10.1. The summed E-state index contributed by atoms with van der Waals surface area (Å²) in [5.41, 5.74) is 5.11. The van der Waals surface area contributed by atoms with Crippen molar-refractivity contribution in [2.75, 3.05) is 39.3 Å². The molecule has 0 unspecified atom stereocenters. The quantitative estimate of drug-likeness (QED) is 0.467. The fraction of sp³-hybridized carbons (Fsp3) is 0.423. The molecule has 0 aromatic heterocycles. The largest absolute Gasteiger partial charge is 0.396 e. The average molecular weight is 404 g/mol. The maximum absolute atomic E-state index is 5.69. The highest BCUT2D eigenvalue weighted by Gasteiger charge is 2.17. The summed E-state index contributed by atoms with van der Waals surface area (Å²) < 4.78 is 0. The van der Waals surface area contributed by atoms with Crippen LogP contribution in [-0.2, 0) is 11.4 Å². The third-order valence-corrected chi connectivity index (χ3v) is 5.97. The van der Waals surface area contributed by atoms with Gasteiger partial charge in [0, 0.05) is 39.3 Å². The van der Waals surface area contributed by atoms with Crippen molar-refractivity contribution in [3.8, 4) is 0 Å². The van der Waals surface area contributed by atoms with E-state index in [4.69, 9.17) is 4.84 Å². The summed E-state index contributed by atoms with van der Waals surface area (Å²) in [6.07, 6.45) is 6.60. The van der Waals surface area contributed by atoms with Crippen LogP contribution in [0.25, 0.3) is 6.08 Å². The third kappa shape index (κ3) is 6.28. The molecule has 4 rings (SSSR count). The SMILES string of the molecule is C(=C1CCCC1=NOCCCN1CCN(Cc2ccccc2)CC1)c1ccccc1. The maximum atomic E-state index is 5.69. The van der Waals surface area contributed by atoms with Crippen LogP contribution in [0.4, 0.5) is 0 Å². The molecule has 1 aliphatic carbocycles. The average Bonchev–Trinajstić information content (AvgIpc) is 3.23. The molecular weight excluding hydrogens is 370 g/mol. The van der Waals surface area contributed by atoms with Crippen LogP contribution in [0.2, 0.25) is 0 Å². The minimum absolute atomic E-state index is 0.701. The summed E-state index contributed by atoms with van der Waals surface area (Å²) in [6.45, 7) is 7.44. The summed E-state index contributed by atoms with van der Waals surface area (Å²) in [5.74, 6) is 0. The number of piperazine rings is 1. The van der Waals surface area contributed by atoms with Gasteiger partial charge in [0.05, 0.1) is 5.71 Å². The van der Waals surface area contributed by atoms with Gasteiger partial charge in [-0.2, -0.15) is 0 Å². The van der Waals surface area contributed by atoms with Gasteiger partial charge in [-0.05, 0) is 48.5 Å². The molecule has 0 amide bonds. The van der Waals surface area contributed by atoms with Crippen molar-refractivity contribution in [2.24, 2.45) is 5.16 Å². The van der Waals surface area contributed by atoms with Gasteiger partial charge in [-0.15, -0.1) is 0 Å². The van der Waals surface area contributed by atoms with Crippen molar-refractivity contribution < 1.29 is 4.84 Å². The molecule has 2 aliphatic rings. The van der Waals surface area contributed by atoms with Crippen LogP contribution in [0, 0.1) is 0 Å². The first kappa shape index (κ1) is 20.8. The van der Waals surface area contributed by atoms with Crippen molar-refractivity contribution in [1.82, 2.24) is 9.80 Å². The van der Waals surface area contributed by atoms with Gasteiger partial charge in [0.2, 0.25) is 0 Å². The Morgan fingerprint density at radius 1 is 0.833 bits per heavy atom.